The van der Waals surface area contributed by atoms with Gasteiger partial charge >= 0.3 is 5.97 Å². The number of hydrogen-bond acceptors (Lipinski definition) is 7. The molecule has 8 heteroatoms. The molecule has 0 bridgehead atoms. The van der Waals surface area contributed by atoms with Gasteiger partial charge < -0.3 is 14.6 Å². The number of carbonyl (C=O) groups is 2. The maximum atomic E-state index is 12.6. The largest absolute Gasteiger partial charge is 0.449 e. The minimum absolute atomic E-state index is 0.324. The first kappa shape index (κ1) is 21.0. The van der Waals surface area contributed by atoms with Crippen molar-refractivity contribution in [3.05, 3.63) is 40.9 Å². The Hall–Kier alpha value is -2.35. The summed E-state index contributed by atoms with van der Waals surface area (Å²) in [5.74, 6) is 0.386. The first-order chi connectivity index (χ1) is 12.6. The van der Waals surface area contributed by atoms with E-state index in [1.807, 2.05) is 34.6 Å². The van der Waals surface area contributed by atoms with E-state index in [0.717, 1.165) is 17.0 Å². The van der Waals surface area contributed by atoms with Gasteiger partial charge in [-0.3, -0.25) is 4.79 Å². The zero-order valence-corrected chi connectivity index (χ0v) is 17.3. The van der Waals surface area contributed by atoms with Gasteiger partial charge in [-0.25, -0.2) is 9.78 Å². The van der Waals surface area contributed by atoms with Crippen LogP contribution in [0.2, 0.25) is 0 Å². The molecule has 0 aliphatic carbocycles. The quantitative estimate of drug-likeness (QED) is 0.595. The van der Waals surface area contributed by atoms with E-state index in [-0.39, 0.29) is 5.91 Å². The predicted molar refractivity (Wildman–Crippen MR) is 103 cm³/mol. The van der Waals surface area contributed by atoms with Crippen molar-refractivity contribution in [1.29, 1.82) is 0 Å². The highest BCUT2D eigenvalue weighted by Gasteiger charge is 2.24. The summed E-state index contributed by atoms with van der Waals surface area (Å²) in [6.07, 6.45) is 0.708. The lowest BCUT2D eigenvalue weighted by Crippen LogP contribution is -2.46. The topological polar surface area (TPSA) is 94.3 Å². The third-order valence-electron chi connectivity index (χ3n) is 3.68. The first-order valence-electron chi connectivity index (χ1n) is 8.61. The van der Waals surface area contributed by atoms with Gasteiger partial charge in [0, 0.05) is 23.1 Å². The van der Waals surface area contributed by atoms with E-state index in [1.165, 1.54) is 11.8 Å². The Morgan fingerprint density at radius 2 is 2.04 bits per heavy atom. The third-order valence-corrected chi connectivity index (χ3v) is 4.71. The number of aryl methyl sites for hydroxylation is 2. The molecule has 0 aromatic carbocycles. The second-order valence-electron chi connectivity index (χ2n) is 7.23. The smallest absolute Gasteiger partial charge is 0.341 e. The molecule has 2 aromatic heterocycles. The number of carbonyl (C=O) groups excluding carboxylic acids is 2. The highest BCUT2D eigenvalue weighted by molar-refractivity contribution is 7.98. The number of thioether (sulfide) groups is 1. The Labute approximate surface area is 163 Å². The van der Waals surface area contributed by atoms with Crippen LogP contribution in [0.1, 0.15) is 55.1 Å². The van der Waals surface area contributed by atoms with Crippen LogP contribution in [-0.4, -0.2) is 33.7 Å². The van der Waals surface area contributed by atoms with Gasteiger partial charge in [0.1, 0.15) is 10.8 Å². The highest BCUT2D eigenvalue weighted by Crippen LogP contribution is 2.27. The van der Waals surface area contributed by atoms with E-state index >= 15 is 0 Å². The van der Waals surface area contributed by atoms with Gasteiger partial charge in [0.25, 0.3) is 5.91 Å². The monoisotopic (exact) mass is 391 g/mol. The van der Waals surface area contributed by atoms with Crippen molar-refractivity contribution in [2.45, 2.75) is 64.0 Å². The fraction of sp³-hybridized carbons (Fsp3) is 0.474. The van der Waals surface area contributed by atoms with Crippen molar-refractivity contribution in [1.82, 2.24) is 15.5 Å². The predicted octanol–water partition coefficient (Wildman–Crippen LogP) is 3.44. The zero-order chi connectivity index (χ0) is 20.2. The molecule has 0 aliphatic rings. The van der Waals surface area contributed by atoms with Crippen molar-refractivity contribution in [3.63, 3.8) is 0 Å². The molecule has 0 unspecified atom stereocenters. The molecule has 0 fully saturated rings. The maximum Gasteiger partial charge on any atom is 0.341 e. The van der Waals surface area contributed by atoms with Crippen molar-refractivity contribution in [2.75, 3.05) is 0 Å². The minimum Gasteiger partial charge on any atom is -0.449 e. The van der Waals surface area contributed by atoms with Gasteiger partial charge in [-0.2, -0.15) is 0 Å². The van der Waals surface area contributed by atoms with Gasteiger partial charge in [-0.05, 0) is 53.7 Å². The van der Waals surface area contributed by atoms with Gasteiger partial charge in [0.05, 0.1) is 11.3 Å². The summed E-state index contributed by atoms with van der Waals surface area (Å²) in [4.78, 5) is 29.0. The molecule has 2 aromatic rings. The standard InChI is InChI=1S/C19H25N3O4S/c1-11-15(12(2)26-22-11)10-27-17-14(8-7-9-20-17)18(24)25-13(3)16(23)21-19(4,5)6/h7-9,13H,10H2,1-6H3,(H,21,23)/t13-/m1/s1. The molecular weight excluding hydrogens is 366 g/mol. The SMILES string of the molecule is Cc1noc(C)c1CSc1ncccc1C(=O)O[C@H](C)C(=O)NC(C)(C)C. The van der Waals surface area contributed by atoms with E-state index in [2.05, 4.69) is 15.5 Å². The summed E-state index contributed by atoms with van der Waals surface area (Å²) in [5.41, 5.74) is 1.71. The summed E-state index contributed by atoms with van der Waals surface area (Å²) in [7, 11) is 0. The molecule has 1 amide bonds. The summed E-state index contributed by atoms with van der Waals surface area (Å²) in [5, 5.41) is 7.25. The number of amides is 1. The van der Waals surface area contributed by atoms with Crippen LogP contribution in [0.5, 0.6) is 0 Å². The molecule has 2 heterocycles. The average molecular weight is 391 g/mol. The molecule has 0 aliphatic heterocycles. The number of ether oxygens (including phenoxy) is 1. The normalized spacial score (nSPS) is 12.5. The Bertz CT molecular complexity index is 807. The molecule has 0 saturated heterocycles. The number of pyridine rings is 1. The van der Waals surface area contributed by atoms with Crippen LogP contribution in [-0.2, 0) is 15.3 Å². The molecule has 0 radical (unpaired) electrons. The van der Waals surface area contributed by atoms with E-state index < -0.39 is 17.6 Å². The van der Waals surface area contributed by atoms with Crippen LogP contribution in [0.4, 0.5) is 0 Å². The van der Waals surface area contributed by atoms with Gasteiger partial charge in [0.2, 0.25) is 0 Å². The Kier molecular flexibility index (Phi) is 6.64. The summed E-state index contributed by atoms with van der Waals surface area (Å²) >= 11 is 1.39. The molecule has 146 valence electrons. The molecule has 1 N–H and O–H groups in total. The molecule has 2 rings (SSSR count). The van der Waals surface area contributed by atoms with Crippen molar-refractivity contribution in [3.8, 4) is 0 Å². The lowest BCUT2D eigenvalue weighted by atomic mass is 10.1. The van der Waals surface area contributed by atoms with Crippen molar-refractivity contribution < 1.29 is 18.8 Å². The van der Waals surface area contributed by atoms with Crippen molar-refractivity contribution in [2.24, 2.45) is 0 Å². The van der Waals surface area contributed by atoms with Crippen LogP contribution >= 0.6 is 11.8 Å². The lowest BCUT2D eigenvalue weighted by molar-refractivity contribution is -0.130. The number of hydrogen-bond donors (Lipinski definition) is 1. The fourth-order valence-corrected chi connectivity index (χ4v) is 3.39. The van der Waals surface area contributed by atoms with E-state index in [0.29, 0.717) is 16.3 Å². The second kappa shape index (κ2) is 8.56. The third kappa shape index (κ3) is 5.82. The Morgan fingerprint density at radius 3 is 2.63 bits per heavy atom. The molecule has 7 nitrogen and oxygen atoms in total. The summed E-state index contributed by atoms with van der Waals surface area (Å²) < 4.78 is 10.5. The molecular formula is C19H25N3O4S. The number of nitrogens with zero attached hydrogens (tertiary/aromatic N) is 2. The van der Waals surface area contributed by atoms with Crippen LogP contribution in [0.3, 0.4) is 0 Å². The minimum atomic E-state index is -0.905. The molecule has 27 heavy (non-hydrogen) atoms. The van der Waals surface area contributed by atoms with E-state index in [9.17, 15) is 9.59 Å². The fourth-order valence-electron chi connectivity index (χ4n) is 2.26. The maximum absolute atomic E-state index is 12.6. The number of nitrogens with one attached hydrogen (secondary N) is 1. The van der Waals surface area contributed by atoms with E-state index in [4.69, 9.17) is 9.26 Å². The van der Waals surface area contributed by atoms with E-state index in [1.54, 1.807) is 25.3 Å². The number of rotatable bonds is 6. The summed E-state index contributed by atoms with van der Waals surface area (Å²) in [6.45, 7) is 10.9. The molecule has 0 saturated carbocycles. The Balaban J connectivity index is 2.08. The van der Waals surface area contributed by atoms with Crippen LogP contribution < -0.4 is 5.32 Å². The second-order valence-corrected chi connectivity index (χ2v) is 8.20. The van der Waals surface area contributed by atoms with Gasteiger partial charge in [-0.15, -0.1) is 11.8 Å². The van der Waals surface area contributed by atoms with Crippen LogP contribution in [0, 0.1) is 13.8 Å². The van der Waals surface area contributed by atoms with Gasteiger partial charge in [-0.1, -0.05) is 5.16 Å². The number of aromatic nitrogens is 2. The van der Waals surface area contributed by atoms with Crippen LogP contribution in [0.25, 0.3) is 0 Å². The molecule has 0 spiro atoms. The summed E-state index contributed by atoms with van der Waals surface area (Å²) in [6, 6.07) is 3.30. The van der Waals surface area contributed by atoms with Crippen LogP contribution in [0.15, 0.2) is 27.9 Å². The first-order valence-corrected chi connectivity index (χ1v) is 9.59. The lowest BCUT2D eigenvalue weighted by Gasteiger charge is -2.23. The average Bonchev–Trinajstić information content (AvgIpc) is 2.90. The van der Waals surface area contributed by atoms with Gasteiger partial charge in [0.15, 0.2) is 6.10 Å². The molecule has 1 atom stereocenters. The highest BCUT2D eigenvalue weighted by atomic mass is 32.2. The zero-order valence-electron chi connectivity index (χ0n) is 16.5. The van der Waals surface area contributed by atoms with Crippen molar-refractivity contribution >= 4 is 23.6 Å². The Morgan fingerprint density at radius 1 is 1.33 bits per heavy atom. The number of esters is 1.